The van der Waals surface area contributed by atoms with Gasteiger partial charge in [0, 0.05) is 32.2 Å². The van der Waals surface area contributed by atoms with E-state index in [1.807, 2.05) is 13.8 Å². The van der Waals surface area contributed by atoms with E-state index in [4.69, 9.17) is 0 Å². The summed E-state index contributed by atoms with van der Waals surface area (Å²) in [6.07, 6.45) is 0.797. The van der Waals surface area contributed by atoms with Crippen LogP contribution in [0.2, 0.25) is 0 Å². The SMILES string of the molecule is CC(C)CN1C(=O)N(C)C(=O)C12CCN(C(=O)c1cccc(F)c1)CC2. The van der Waals surface area contributed by atoms with Crippen molar-refractivity contribution < 1.29 is 18.8 Å². The van der Waals surface area contributed by atoms with E-state index in [1.54, 1.807) is 15.9 Å². The van der Waals surface area contributed by atoms with Crippen LogP contribution in [-0.4, -0.2) is 64.8 Å². The monoisotopic (exact) mass is 361 g/mol. The summed E-state index contributed by atoms with van der Waals surface area (Å²) in [6.45, 7) is 5.24. The van der Waals surface area contributed by atoms with Crippen LogP contribution in [0, 0.1) is 11.7 Å². The molecule has 2 heterocycles. The molecule has 140 valence electrons. The van der Waals surface area contributed by atoms with E-state index < -0.39 is 11.4 Å². The maximum Gasteiger partial charge on any atom is 0.327 e. The molecule has 3 rings (SSSR count). The first kappa shape index (κ1) is 18.4. The van der Waals surface area contributed by atoms with Crippen molar-refractivity contribution in [2.24, 2.45) is 5.92 Å². The van der Waals surface area contributed by atoms with E-state index in [0.717, 1.165) is 0 Å². The number of likely N-dealkylation sites (N-methyl/N-ethyl adjacent to an activating group) is 1. The first-order valence-corrected chi connectivity index (χ1v) is 8.91. The second kappa shape index (κ2) is 6.70. The van der Waals surface area contributed by atoms with Crippen molar-refractivity contribution in [3.8, 4) is 0 Å². The standard InChI is InChI=1S/C19H24FN3O3/c1-13(2)12-23-18(26)21(3)17(25)19(23)7-9-22(10-8-19)16(24)14-5-4-6-15(20)11-14/h4-6,11,13H,7-10,12H2,1-3H3. The summed E-state index contributed by atoms with van der Waals surface area (Å²) >= 11 is 0. The van der Waals surface area contributed by atoms with E-state index in [0.29, 0.717) is 38.0 Å². The highest BCUT2D eigenvalue weighted by atomic mass is 19.1. The van der Waals surface area contributed by atoms with Crippen LogP contribution < -0.4 is 0 Å². The third-order valence-electron chi connectivity index (χ3n) is 5.23. The van der Waals surface area contributed by atoms with Crippen LogP contribution in [0.5, 0.6) is 0 Å². The lowest BCUT2D eigenvalue weighted by Gasteiger charge is -2.42. The number of rotatable bonds is 3. The summed E-state index contributed by atoms with van der Waals surface area (Å²) in [4.78, 5) is 42.4. The van der Waals surface area contributed by atoms with Gasteiger partial charge in [0.1, 0.15) is 11.4 Å². The molecule has 2 aliphatic heterocycles. The molecule has 1 spiro atoms. The fourth-order valence-corrected chi connectivity index (χ4v) is 3.86. The van der Waals surface area contributed by atoms with Gasteiger partial charge in [0.15, 0.2) is 0 Å². The molecule has 0 aromatic heterocycles. The number of piperidine rings is 1. The van der Waals surface area contributed by atoms with Gasteiger partial charge in [0.25, 0.3) is 11.8 Å². The third-order valence-corrected chi connectivity index (χ3v) is 5.23. The van der Waals surface area contributed by atoms with Crippen molar-refractivity contribution in [2.45, 2.75) is 32.2 Å². The molecule has 0 bridgehead atoms. The van der Waals surface area contributed by atoms with Gasteiger partial charge in [0.2, 0.25) is 0 Å². The molecule has 1 aromatic rings. The first-order chi connectivity index (χ1) is 12.3. The van der Waals surface area contributed by atoms with Crippen LogP contribution in [0.3, 0.4) is 0 Å². The van der Waals surface area contributed by atoms with Gasteiger partial charge in [-0.25, -0.2) is 9.18 Å². The topological polar surface area (TPSA) is 60.9 Å². The Balaban J connectivity index is 1.78. The van der Waals surface area contributed by atoms with Crippen LogP contribution in [0.1, 0.15) is 37.0 Å². The quantitative estimate of drug-likeness (QED) is 0.777. The van der Waals surface area contributed by atoms with Crippen molar-refractivity contribution in [1.29, 1.82) is 0 Å². The highest BCUT2D eigenvalue weighted by molar-refractivity contribution is 6.07. The summed E-state index contributed by atoms with van der Waals surface area (Å²) < 4.78 is 13.4. The molecule has 2 fully saturated rings. The van der Waals surface area contributed by atoms with Crippen molar-refractivity contribution in [1.82, 2.24) is 14.7 Å². The second-order valence-electron chi connectivity index (χ2n) is 7.49. The number of carbonyl (C=O) groups excluding carboxylic acids is 3. The van der Waals surface area contributed by atoms with Crippen LogP contribution >= 0.6 is 0 Å². The van der Waals surface area contributed by atoms with Gasteiger partial charge in [-0.05, 0) is 37.0 Å². The molecule has 0 saturated carbocycles. The number of imide groups is 1. The Morgan fingerprint density at radius 2 is 1.88 bits per heavy atom. The number of nitrogens with zero attached hydrogens (tertiary/aromatic N) is 3. The average molecular weight is 361 g/mol. The molecule has 0 unspecified atom stereocenters. The van der Waals surface area contributed by atoms with Gasteiger partial charge in [-0.1, -0.05) is 19.9 Å². The fourth-order valence-electron chi connectivity index (χ4n) is 3.86. The zero-order valence-corrected chi connectivity index (χ0v) is 15.4. The van der Waals surface area contributed by atoms with Gasteiger partial charge in [0.05, 0.1) is 0 Å². The van der Waals surface area contributed by atoms with Crippen molar-refractivity contribution in [3.63, 3.8) is 0 Å². The van der Waals surface area contributed by atoms with Gasteiger partial charge in [-0.2, -0.15) is 0 Å². The molecule has 1 aromatic carbocycles. The number of benzene rings is 1. The lowest BCUT2D eigenvalue weighted by Crippen LogP contribution is -2.58. The summed E-state index contributed by atoms with van der Waals surface area (Å²) in [5.74, 6) is -0.659. The second-order valence-corrected chi connectivity index (χ2v) is 7.49. The number of likely N-dealkylation sites (tertiary alicyclic amines) is 1. The van der Waals surface area contributed by atoms with E-state index in [-0.39, 0.29) is 23.8 Å². The molecule has 2 saturated heterocycles. The van der Waals surface area contributed by atoms with Gasteiger partial charge in [-0.15, -0.1) is 0 Å². The highest BCUT2D eigenvalue weighted by Gasteiger charge is 2.57. The van der Waals surface area contributed by atoms with Crippen molar-refractivity contribution in [3.05, 3.63) is 35.6 Å². The number of hydrogen-bond donors (Lipinski definition) is 0. The van der Waals surface area contributed by atoms with E-state index in [1.165, 1.54) is 30.1 Å². The summed E-state index contributed by atoms with van der Waals surface area (Å²) in [6, 6.07) is 5.33. The predicted molar refractivity (Wildman–Crippen MR) is 94.0 cm³/mol. The maximum absolute atomic E-state index is 13.4. The Kier molecular flexibility index (Phi) is 4.73. The smallest absolute Gasteiger partial charge is 0.327 e. The van der Waals surface area contributed by atoms with Crippen LogP contribution in [0.4, 0.5) is 9.18 Å². The molecular formula is C19H24FN3O3. The first-order valence-electron chi connectivity index (χ1n) is 8.91. The molecule has 0 atom stereocenters. The Labute approximate surface area is 152 Å². The number of hydrogen-bond acceptors (Lipinski definition) is 3. The number of halogens is 1. The maximum atomic E-state index is 13.4. The molecule has 7 heteroatoms. The number of amides is 4. The van der Waals surface area contributed by atoms with Crippen LogP contribution in [0.25, 0.3) is 0 Å². The summed E-state index contributed by atoms with van der Waals surface area (Å²) in [5.41, 5.74) is -0.569. The number of urea groups is 1. The Morgan fingerprint density at radius 1 is 1.23 bits per heavy atom. The van der Waals surface area contributed by atoms with Crippen molar-refractivity contribution >= 4 is 17.8 Å². The fraction of sp³-hybridized carbons (Fsp3) is 0.526. The molecule has 0 N–H and O–H groups in total. The summed E-state index contributed by atoms with van der Waals surface area (Å²) in [5, 5.41) is 0. The average Bonchev–Trinajstić information content (AvgIpc) is 2.78. The van der Waals surface area contributed by atoms with Crippen LogP contribution in [0.15, 0.2) is 24.3 Å². The minimum absolute atomic E-state index is 0.194. The van der Waals surface area contributed by atoms with Crippen molar-refractivity contribution in [2.75, 3.05) is 26.7 Å². The normalized spacial score (nSPS) is 19.8. The lowest BCUT2D eigenvalue weighted by molar-refractivity contribution is -0.134. The molecule has 6 nitrogen and oxygen atoms in total. The number of carbonyl (C=O) groups is 3. The zero-order valence-electron chi connectivity index (χ0n) is 15.4. The lowest BCUT2D eigenvalue weighted by atomic mass is 9.85. The largest absolute Gasteiger partial charge is 0.338 e. The molecule has 26 heavy (non-hydrogen) atoms. The third kappa shape index (κ3) is 2.95. The predicted octanol–water partition coefficient (Wildman–Crippen LogP) is 2.35. The summed E-state index contributed by atoms with van der Waals surface area (Å²) in [7, 11) is 1.51. The van der Waals surface area contributed by atoms with Gasteiger partial charge in [-0.3, -0.25) is 14.5 Å². The Bertz CT molecular complexity index is 741. The van der Waals surface area contributed by atoms with E-state index >= 15 is 0 Å². The zero-order chi connectivity index (χ0) is 19.1. The van der Waals surface area contributed by atoms with Crippen LogP contribution in [-0.2, 0) is 4.79 Å². The van der Waals surface area contributed by atoms with E-state index in [9.17, 15) is 18.8 Å². The van der Waals surface area contributed by atoms with Gasteiger partial charge < -0.3 is 9.80 Å². The van der Waals surface area contributed by atoms with E-state index in [2.05, 4.69) is 0 Å². The highest BCUT2D eigenvalue weighted by Crippen LogP contribution is 2.37. The Hall–Kier alpha value is -2.44. The molecular weight excluding hydrogens is 337 g/mol. The minimum atomic E-state index is -0.866. The molecule has 4 amide bonds. The minimum Gasteiger partial charge on any atom is -0.338 e. The molecule has 0 radical (unpaired) electrons. The molecule has 0 aliphatic carbocycles. The van der Waals surface area contributed by atoms with Gasteiger partial charge >= 0.3 is 6.03 Å². The Morgan fingerprint density at radius 3 is 2.46 bits per heavy atom. The molecule has 2 aliphatic rings.